The molecule has 0 aromatic heterocycles. The molecular weight excluding hydrogens is 528 g/mol. The first-order valence-electron chi connectivity index (χ1n) is 17.5. The molecule has 6 heteroatoms. The lowest BCUT2D eigenvalue weighted by atomic mass is 9.41. The average molecular weight is 591 g/mol. The largest absolute Gasteiger partial charge is 0.394 e. The van der Waals surface area contributed by atoms with Crippen molar-refractivity contribution in [3.63, 3.8) is 0 Å². The number of fused-ring (bicyclic) bond motifs is 5. The number of allylic oxidation sites excluding steroid dienone is 1. The highest BCUT2D eigenvalue weighted by Gasteiger charge is 2.64. The zero-order chi connectivity index (χ0) is 30.6. The van der Waals surface area contributed by atoms with Crippen LogP contribution in [0.5, 0.6) is 0 Å². The molecular formula is C36H62O6. The van der Waals surface area contributed by atoms with Gasteiger partial charge in [0.2, 0.25) is 0 Å². The Morgan fingerprint density at radius 1 is 0.905 bits per heavy atom. The van der Waals surface area contributed by atoms with Crippen molar-refractivity contribution in [2.24, 2.45) is 51.8 Å². The minimum atomic E-state index is -1.40. The number of hydrogen-bond acceptors (Lipinski definition) is 6. The van der Waals surface area contributed by atoms with E-state index in [0.29, 0.717) is 16.7 Å². The van der Waals surface area contributed by atoms with Crippen LogP contribution in [0.3, 0.4) is 0 Å². The van der Waals surface area contributed by atoms with Gasteiger partial charge in [-0.05, 0) is 110 Å². The number of aliphatic hydroxyl groups excluding tert-OH is 4. The highest BCUT2D eigenvalue weighted by Crippen LogP contribution is 2.72. The Hall–Kier alpha value is -0.500. The number of hydrogen-bond donors (Lipinski definition) is 4. The van der Waals surface area contributed by atoms with Crippen molar-refractivity contribution in [1.82, 2.24) is 0 Å². The summed E-state index contributed by atoms with van der Waals surface area (Å²) < 4.78 is 11.9. The molecule has 1 aliphatic heterocycles. The van der Waals surface area contributed by atoms with Crippen molar-refractivity contribution in [3.05, 3.63) is 11.6 Å². The molecule has 0 bridgehead atoms. The second-order valence-electron chi connectivity index (χ2n) is 16.4. The SMILES string of the molecule is CCC(CCC(C)C1CCC2C1(C)CCC1C3(C)CCC(OC4OC(CO)C(O)C(O)C4O)CC3=CCC12C)C(C)C. The summed E-state index contributed by atoms with van der Waals surface area (Å²) in [6.07, 6.45) is 9.73. The molecule has 6 nitrogen and oxygen atoms in total. The highest BCUT2D eigenvalue weighted by molar-refractivity contribution is 5.28. The lowest BCUT2D eigenvalue weighted by molar-refractivity contribution is -0.313. The Kier molecular flexibility index (Phi) is 9.68. The maximum Gasteiger partial charge on any atom is 0.186 e. The number of ether oxygens (including phenoxy) is 2. The molecule has 5 aliphatic rings. The molecule has 0 amide bonds. The predicted molar refractivity (Wildman–Crippen MR) is 165 cm³/mol. The maximum atomic E-state index is 10.5. The number of rotatable bonds is 9. The van der Waals surface area contributed by atoms with Crippen LogP contribution in [-0.2, 0) is 9.47 Å². The van der Waals surface area contributed by atoms with Crippen molar-refractivity contribution in [2.75, 3.05) is 6.61 Å². The molecule has 14 atom stereocenters. The first-order chi connectivity index (χ1) is 19.8. The van der Waals surface area contributed by atoms with E-state index in [0.717, 1.165) is 55.3 Å². The van der Waals surface area contributed by atoms with Gasteiger partial charge >= 0.3 is 0 Å². The van der Waals surface area contributed by atoms with Crippen LogP contribution in [0, 0.1) is 51.8 Å². The third-order valence-corrected chi connectivity index (χ3v) is 14.0. The summed E-state index contributed by atoms with van der Waals surface area (Å²) >= 11 is 0. The second-order valence-corrected chi connectivity index (χ2v) is 16.4. The topological polar surface area (TPSA) is 99.4 Å². The van der Waals surface area contributed by atoms with E-state index in [2.05, 4.69) is 54.5 Å². The van der Waals surface area contributed by atoms with Gasteiger partial charge in [0.1, 0.15) is 24.4 Å². The summed E-state index contributed by atoms with van der Waals surface area (Å²) in [5.41, 5.74) is 2.43. The van der Waals surface area contributed by atoms with Gasteiger partial charge in [-0.3, -0.25) is 0 Å². The van der Waals surface area contributed by atoms with E-state index >= 15 is 0 Å². The summed E-state index contributed by atoms with van der Waals surface area (Å²) in [6, 6.07) is 0. The maximum absolute atomic E-state index is 10.5. The Balaban J connectivity index is 1.27. The molecule has 242 valence electrons. The van der Waals surface area contributed by atoms with E-state index in [1.807, 2.05) is 0 Å². The van der Waals surface area contributed by atoms with E-state index in [-0.39, 0.29) is 11.5 Å². The lowest BCUT2D eigenvalue weighted by Crippen LogP contribution is -2.60. The lowest BCUT2D eigenvalue weighted by Gasteiger charge is -2.63. The van der Waals surface area contributed by atoms with E-state index in [1.165, 1.54) is 50.5 Å². The van der Waals surface area contributed by atoms with Crippen molar-refractivity contribution in [1.29, 1.82) is 0 Å². The van der Waals surface area contributed by atoms with Gasteiger partial charge < -0.3 is 29.9 Å². The normalized spacial score (nSPS) is 48.7. The molecule has 4 fully saturated rings. The van der Waals surface area contributed by atoms with Gasteiger partial charge in [-0.15, -0.1) is 0 Å². The predicted octanol–water partition coefficient (Wildman–Crippen LogP) is 6.24. The molecule has 3 saturated carbocycles. The minimum Gasteiger partial charge on any atom is -0.394 e. The van der Waals surface area contributed by atoms with Crippen LogP contribution in [0.25, 0.3) is 0 Å². The van der Waals surface area contributed by atoms with Gasteiger partial charge in [-0.25, -0.2) is 0 Å². The van der Waals surface area contributed by atoms with Crippen molar-refractivity contribution < 1.29 is 29.9 Å². The third-order valence-electron chi connectivity index (χ3n) is 14.0. The zero-order valence-corrected chi connectivity index (χ0v) is 27.6. The van der Waals surface area contributed by atoms with Crippen molar-refractivity contribution >= 4 is 0 Å². The first kappa shape index (κ1) is 32.9. The molecule has 4 N–H and O–H groups in total. The van der Waals surface area contributed by atoms with Crippen molar-refractivity contribution in [3.8, 4) is 0 Å². The van der Waals surface area contributed by atoms with Crippen LogP contribution in [-0.4, -0.2) is 63.8 Å². The summed E-state index contributed by atoms with van der Waals surface area (Å²) in [6.45, 7) is 17.1. The Labute approximate surface area is 255 Å². The summed E-state index contributed by atoms with van der Waals surface area (Å²) in [4.78, 5) is 0. The Bertz CT molecular complexity index is 965. The second kappa shape index (κ2) is 12.4. The van der Waals surface area contributed by atoms with Gasteiger partial charge in [-0.1, -0.05) is 73.0 Å². The van der Waals surface area contributed by atoms with Crippen LogP contribution in [0.2, 0.25) is 0 Å². The molecule has 4 aliphatic carbocycles. The molecule has 0 aromatic rings. The third kappa shape index (κ3) is 5.47. The summed E-state index contributed by atoms with van der Waals surface area (Å²) in [7, 11) is 0. The fourth-order valence-electron chi connectivity index (χ4n) is 11.4. The monoisotopic (exact) mass is 590 g/mol. The van der Waals surface area contributed by atoms with Gasteiger partial charge in [0.25, 0.3) is 0 Å². The van der Waals surface area contributed by atoms with E-state index < -0.39 is 37.3 Å². The first-order valence-corrected chi connectivity index (χ1v) is 17.5. The summed E-state index contributed by atoms with van der Waals surface area (Å²) in [5, 5.41) is 40.5. The molecule has 0 spiro atoms. The Morgan fingerprint density at radius 2 is 1.64 bits per heavy atom. The quantitative estimate of drug-likeness (QED) is 0.237. The molecule has 0 radical (unpaired) electrons. The smallest absolute Gasteiger partial charge is 0.186 e. The molecule has 1 saturated heterocycles. The molecule has 14 unspecified atom stereocenters. The van der Waals surface area contributed by atoms with E-state index in [9.17, 15) is 20.4 Å². The van der Waals surface area contributed by atoms with Gasteiger partial charge in [0.05, 0.1) is 12.7 Å². The molecule has 5 rings (SSSR count). The molecule has 0 aromatic carbocycles. The number of aliphatic hydroxyl groups is 4. The van der Waals surface area contributed by atoms with E-state index in [1.54, 1.807) is 0 Å². The van der Waals surface area contributed by atoms with Crippen LogP contribution < -0.4 is 0 Å². The average Bonchev–Trinajstić information content (AvgIpc) is 3.32. The minimum absolute atomic E-state index is 0.113. The van der Waals surface area contributed by atoms with Crippen molar-refractivity contribution in [2.45, 2.75) is 156 Å². The Morgan fingerprint density at radius 3 is 2.31 bits per heavy atom. The molecule has 1 heterocycles. The zero-order valence-electron chi connectivity index (χ0n) is 27.6. The summed E-state index contributed by atoms with van der Waals surface area (Å²) in [5.74, 6) is 4.73. The van der Waals surface area contributed by atoms with Gasteiger partial charge in [-0.2, -0.15) is 0 Å². The van der Waals surface area contributed by atoms with Gasteiger partial charge in [0.15, 0.2) is 6.29 Å². The van der Waals surface area contributed by atoms with Gasteiger partial charge in [0, 0.05) is 0 Å². The van der Waals surface area contributed by atoms with E-state index in [4.69, 9.17) is 9.47 Å². The van der Waals surface area contributed by atoms with Crippen LogP contribution in [0.4, 0.5) is 0 Å². The highest BCUT2D eigenvalue weighted by atomic mass is 16.7. The van der Waals surface area contributed by atoms with Crippen LogP contribution in [0.15, 0.2) is 11.6 Å². The fraction of sp³-hybridized carbons (Fsp3) is 0.944. The standard InChI is InChI=1S/C36H62O6/c1-8-23(21(2)3)10-9-22(4)26-11-12-28-35(26,6)18-15-29-34(5)17-14-25(19-24(34)13-16-36(28,29)7)41-33-32(40)31(39)30(38)27(20-37)42-33/h13,21-23,25-33,37-40H,8-12,14-20H2,1-7H3. The van der Waals surface area contributed by atoms with Crippen LogP contribution in [0.1, 0.15) is 119 Å². The fourth-order valence-corrected chi connectivity index (χ4v) is 11.4. The molecule has 42 heavy (non-hydrogen) atoms. The van der Waals surface area contributed by atoms with Crippen LogP contribution >= 0.6 is 0 Å².